The Morgan fingerprint density at radius 3 is 2.76 bits per heavy atom. The average molecular weight is 286 g/mol. The largest absolute Gasteiger partial charge is 0.340 e. The molecule has 1 saturated heterocycles. The van der Waals surface area contributed by atoms with Gasteiger partial charge in [-0.05, 0) is 62.1 Å². The molecular weight excluding hydrogens is 260 g/mol. The number of aryl methyl sites for hydroxylation is 1. The predicted molar refractivity (Wildman–Crippen MR) is 84.9 cm³/mol. The second-order valence-electron chi connectivity index (χ2n) is 6.81. The summed E-state index contributed by atoms with van der Waals surface area (Å²) in [4.78, 5) is 14.7. The quantitative estimate of drug-likeness (QED) is 0.927. The second-order valence-corrected chi connectivity index (χ2v) is 6.81. The molecular formula is C18H26N2O. The zero-order valence-corrected chi connectivity index (χ0v) is 12.9. The molecule has 1 aliphatic heterocycles. The third kappa shape index (κ3) is 3.13. The molecule has 1 aromatic rings. The van der Waals surface area contributed by atoms with Gasteiger partial charge in [0.25, 0.3) is 0 Å². The first-order valence-corrected chi connectivity index (χ1v) is 8.23. The van der Waals surface area contributed by atoms with Crippen LogP contribution in [0.25, 0.3) is 0 Å². The molecule has 1 amide bonds. The van der Waals surface area contributed by atoms with Gasteiger partial charge in [0.2, 0.25) is 5.91 Å². The van der Waals surface area contributed by atoms with Crippen LogP contribution in [0, 0.1) is 11.8 Å². The maximum atomic E-state index is 12.6. The van der Waals surface area contributed by atoms with E-state index in [-0.39, 0.29) is 0 Å². The monoisotopic (exact) mass is 286 g/mol. The number of benzene rings is 1. The van der Waals surface area contributed by atoms with E-state index in [2.05, 4.69) is 36.1 Å². The zero-order chi connectivity index (χ0) is 14.8. The maximum Gasteiger partial charge on any atom is 0.223 e. The number of fused-ring (bicyclic) bond motifs is 1. The normalized spacial score (nSPS) is 28.5. The van der Waals surface area contributed by atoms with Gasteiger partial charge in [0.05, 0.1) is 0 Å². The molecule has 1 aliphatic carbocycles. The van der Waals surface area contributed by atoms with E-state index in [1.54, 1.807) is 0 Å². The van der Waals surface area contributed by atoms with Crippen LogP contribution in [0.4, 0.5) is 0 Å². The first kappa shape index (κ1) is 14.6. The third-order valence-corrected chi connectivity index (χ3v) is 5.23. The minimum absolute atomic E-state index is 0.336. The fraction of sp³-hybridized carbons (Fsp3) is 0.611. The number of hydrogen-bond acceptors (Lipinski definition) is 2. The molecule has 1 aromatic carbocycles. The molecule has 2 aliphatic rings. The Hall–Kier alpha value is -1.35. The Labute approximate surface area is 127 Å². The van der Waals surface area contributed by atoms with Crippen molar-refractivity contribution in [3.8, 4) is 0 Å². The highest BCUT2D eigenvalue weighted by atomic mass is 16.2. The van der Waals surface area contributed by atoms with E-state index in [1.165, 1.54) is 11.1 Å². The molecule has 0 saturated carbocycles. The van der Waals surface area contributed by atoms with E-state index in [1.807, 2.05) is 0 Å². The van der Waals surface area contributed by atoms with Gasteiger partial charge in [-0.15, -0.1) is 0 Å². The predicted octanol–water partition coefficient (Wildman–Crippen LogP) is 2.38. The number of carbonyl (C=O) groups excluding carboxylic acids is 1. The maximum absolute atomic E-state index is 12.6. The van der Waals surface area contributed by atoms with Crippen LogP contribution in [0.15, 0.2) is 24.3 Å². The van der Waals surface area contributed by atoms with Gasteiger partial charge in [0.1, 0.15) is 0 Å². The average Bonchev–Trinajstić information content (AvgIpc) is 2.88. The lowest BCUT2D eigenvalue weighted by molar-refractivity contribution is -0.132. The summed E-state index contributed by atoms with van der Waals surface area (Å²) >= 11 is 0. The Morgan fingerprint density at radius 1 is 1.29 bits per heavy atom. The van der Waals surface area contributed by atoms with E-state index in [0.29, 0.717) is 36.8 Å². The van der Waals surface area contributed by atoms with Gasteiger partial charge in [0, 0.05) is 19.0 Å². The van der Waals surface area contributed by atoms with Crippen molar-refractivity contribution in [1.82, 2.24) is 4.90 Å². The van der Waals surface area contributed by atoms with Gasteiger partial charge in [-0.25, -0.2) is 0 Å². The van der Waals surface area contributed by atoms with Crippen LogP contribution in [-0.4, -0.2) is 29.9 Å². The number of nitrogens with zero attached hydrogens (tertiary/aromatic N) is 1. The Bertz CT molecular complexity index is 514. The molecule has 0 spiro atoms. The van der Waals surface area contributed by atoms with Crippen molar-refractivity contribution < 1.29 is 4.79 Å². The summed E-state index contributed by atoms with van der Waals surface area (Å²) in [6.07, 6.45) is 5.09. The van der Waals surface area contributed by atoms with Crippen molar-refractivity contribution in [2.24, 2.45) is 17.6 Å². The molecule has 21 heavy (non-hydrogen) atoms. The van der Waals surface area contributed by atoms with Gasteiger partial charge >= 0.3 is 0 Å². The molecule has 1 fully saturated rings. The van der Waals surface area contributed by atoms with Crippen molar-refractivity contribution in [3.05, 3.63) is 35.4 Å². The van der Waals surface area contributed by atoms with Crippen LogP contribution in [0.1, 0.15) is 37.3 Å². The Balaban J connectivity index is 1.59. The number of rotatable bonds is 3. The lowest BCUT2D eigenvalue weighted by atomic mass is 9.82. The van der Waals surface area contributed by atoms with E-state index in [9.17, 15) is 4.79 Å². The van der Waals surface area contributed by atoms with E-state index in [4.69, 9.17) is 5.73 Å². The molecule has 2 N–H and O–H groups in total. The highest BCUT2D eigenvalue weighted by Gasteiger charge is 2.32. The summed E-state index contributed by atoms with van der Waals surface area (Å²) in [5, 5.41) is 0. The van der Waals surface area contributed by atoms with Gasteiger partial charge < -0.3 is 10.6 Å². The van der Waals surface area contributed by atoms with Crippen LogP contribution < -0.4 is 5.73 Å². The van der Waals surface area contributed by atoms with Crippen molar-refractivity contribution >= 4 is 5.91 Å². The number of amides is 1. The minimum Gasteiger partial charge on any atom is -0.340 e. The van der Waals surface area contributed by atoms with Crippen molar-refractivity contribution in [3.63, 3.8) is 0 Å². The topological polar surface area (TPSA) is 46.3 Å². The molecule has 3 nitrogen and oxygen atoms in total. The molecule has 3 rings (SSSR count). The van der Waals surface area contributed by atoms with Gasteiger partial charge in [-0.3, -0.25) is 4.79 Å². The summed E-state index contributed by atoms with van der Waals surface area (Å²) < 4.78 is 0. The molecule has 0 aromatic heterocycles. The van der Waals surface area contributed by atoms with Gasteiger partial charge in [-0.2, -0.15) is 0 Å². The Kier molecular flexibility index (Phi) is 4.29. The Morgan fingerprint density at radius 2 is 2.05 bits per heavy atom. The standard InChI is InChI=1S/C18H26N2O/c1-13-8-15(11-19)12-20(13)18(21)10-14-6-7-16-4-2-3-5-17(16)9-14/h2-5,13-15H,6-12,19H2,1H3. The minimum atomic E-state index is 0.336. The zero-order valence-electron chi connectivity index (χ0n) is 12.9. The molecule has 3 unspecified atom stereocenters. The smallest absolute Gasteiger partial charge is 0.223 e. The summed E-state index contributed by atoms with van der Waals surface area (Å²) in [6, 6.07) is 9.03. The number of hydrogen-bond donors (Lipinski definition) is 1. The number of carbonyl (C=O) groups is 1. The van der Waals surface area contributed by atoms with Crippen molar-refractivity contribution in [2.45, 2.75) is 45.1 Å². The molecule has 3 atom stereocenters. The summed E-state index contributed by atoms with van der Waals surface area (Å²) in [6.45, 7) is 3.72. The van der Waals surface area contributed by atoms with Crippen LogP contribution >= 0.6 is 0 Å². The SMILES string of the molecule is CC1CC(CN)CN1C(=O)CC1CCc2ccccc2C1. The number of likely N-dealkylation sites (tertiary alicyclic amines) is 1. The summed E-state index contributed by atoms with van der Waals surface area (Å²) in [5.41, 5.74) is 8.67. The van der Waals surface area contributed by atoms with E-state index < -0.39 is 0 Å². The highest BCUT2D eigenvalue weighted by molar-refractivity contribution is 5.77. The number of nitrogens with two attached hydrogens (primary N) is 1. The lowest BCUT2D eigenvalue weighted by Gasteiger charge is -2.28. The summed E-state index contributed by atoms with van der Waals surface area (Å²) in [7, 11) is 0. The van der Waals surface area contributed by atoms with Crippen LogP contribution in [0.5, 0.6) is 0 Å². The van der Waals surface area contributed by atoms with Crippen LogP contribution in [0.2, 0.25) is 0 Å². The van der Waals surface area contributed by atoms with Crippen molar-refractivity contribution in [1.29, 1.82) is 0 Å². The molecule has 114 valence electrons. The fourth-order valence-corrected chi connectivity index (χ4v) is 3.97. The van der Waals surface area contributed by atoms with E-state index in [0.717, 1.165) is 32.2 Å². The van der Waals surface area contributed by atoms with Gasteiger partial charge in [0.15, 0.2) is 0 Å². The first-order valence-electron chi connectivity index (χ1n) is 8.23. The fourth-order valence-electron chi connectivity index (χ4n) is 3.97. The lowest BCUT2D eigenvalue weighted by Crippen LogP contribution is -2.36. The van der Waals surface area contributed by atoms with E-state index >= 15 is 0 Å². The van der Waals surface area contributed by atoms with Gasteiger partial charge in [-0.1, -0.05) is 24.3 Å². The first-order chi connectivity index (χ1) is 10.2. The molecule has 1 heterocycles. The highest BCUT2D eigenvalue weighted by Crippen LogP contribution is 2.30. The summed E-state index contributed by atoms with van der Waals surface area (Å²) in [5.74, 6) is 1.34. The van der Waals surface area contributed by atoms with Crippen molar-refractivity contribution in [2.75, 3.05) is 13.1 Å². The molecule has 0 radical (unpaired) electrons. The molecule has 0 bridgehead atoms. The van der Waals surface area contributed by atoms with Crippen LogP contribution in [0.3, 0.4) is 0 Å². The second kappa shape index (κ2) is 6.18. The third-order valence-electron chi connectivity index (χ3n) is 5.23. The molecule has 3 heteroatoms. The van der Waals surface area contributed by atoms with Crippen LogP contribution in [-0.2, 0) is 17.6 Å².